The molecule has 31 heavy (non-hydrogen) atoms. The van der Waals surface area contributed by atoms with Crippen LogP contribution in [0.5, 0.6) is 17.2 Å². The van der Waals surface area contributed by atoms with Crippen molar-refractivity contribution in [1.82, 2.24) is 21.0 Å². The Morgan fingerprint density at radius 2 is 1.87 bits per heavy atom. The number of carbonyl (C=O) groups is 2. The van der Waals surface area contributed by atoms with Gasteiger partial charge in [-0.1, -0.05) is 23.9 Å². The Bertz CT molecular complexity index is 1070. The third-order valence-electron chi connectivity index (χ3n) is 4.20. The van der Waals surface area contributed by atoms with E-state index in [0.29, 0.717) is 23.1 Å². The van der Waals surface area contributed by atoms with Gasteiger partial charge in [0.1, 0.15) is 12.4 Å². The molecule has 2 aromatic carbocycles. The van der Waals surface area contributed by atoms with Crippen molar-refractivity contribution in [2.45, 2.75) is 11.3 Å². The van der Waals surface area contributed by atoms with Crippen molar-refractivity contribution in [1.29, 1.82) is 0 Å². The van der Waals surface area contributed by atoms with E-state index in [1.807, 2.05) is 6.07 Å². The molecule has 2 N–H and O–H groups in total. The van der Waals surface area contributed by atoms with Crippen molar-refractivity contribution in [2.75, 3.05) is 19.5 Å². The third-order valence-corrected chi connectivity index (χ3v) is 5.01. The van der Waals surface area contributed by atoms with Crippen LogP contribution in [0.2, 0.25) is 0 Å². The molecule has 0 saturated carbocycles. The number of carbonyl (C=O) groups excluding carboxylic acids is 2. The van der Waals surface area contributed by atoms with Gasteiger partial charge in [-0.25, -0.2) is 0 Å². The maximum absolute atomic E-state index is 12.2. The number of benzene rings is 2. The minimum Gasteiger partial charge on any atom is -0.497 e. The van der Waals surface area contributed by atoms with Gasteiger partial charge in [-0.05, 0) is 36.4 Å². The lowest BCUT2D eigenvalue weighted by molar-refractivity contribution is -0.134. The maximum atomic E-state index is 12.2. The number of nitrogens with one attached hydrogen (secondary N) is 2. The van der Waals surface area contributed by atoms with Crippen LogP contribution in [0.3, 0.4) is 0 Å². The average Bonchev–Trinajstić information content (AvgIpc) is 3.30. The number of amides is 2. The molecule has 160 valence electrons. The molecular formula is C20H18N4O6S. The topological polar surface area (TPSA) is 125 Å². The molecule has 0 saturated heterocycles. The number of aromatic nitrogens is 2. The summed E-state index contributed by atoms with van der Waals surface area (Å²) in [6, 6.07) is 14.2. The van der Waals surface area contributed by atoms with E-state index in [-0.39, 0.29) is 17.6 Å². The van der Waals surface area contributed by atoms with Gasteiger partial charge < -0.3 is 18.6 Å². The standard InChI is InChI=1S/C20H18N4O6S/c1-27-13-8-6-12(7-9-13)19-23-24-20(30-19)31-11-17(25)21-22-18(26)16-10-28-14-4-2-3-5-15(14)29-16/h2-9,16H,10-11H2,1H3,(H,21,25)(H,22,26). The van der Waals surface area contributed by atoms with Crippen molar-refractivity contribution in [3.8, 4) is 28.7 Å². The summed E-state index contributed by atoms with van der Waals surface area (Å²) in [7, 11) is 1.58. The first kappa shape index (κ1) is 20.5. The highest BCUT2D eigenvalue weighted by Gasteiger charge is 2.27. The molecule has 10 nitrogen and oxygen atoms in total. The molecule has 0 spiro atoms. The van der Waals surface area contributed by atoms with Gasteiger partial charge in [0.05, 0.1) is 12.9 Å². The summed E-state index contributed by atoms with van der Waals surface area (Å²) in [5, 5.41) is 8.10. The number of para-hydroxylation sites is 2. The molecule has 0 bridgehead atoms. The lowest BCUT2D eigenvalue weighted by atomic mass is 10.2. The van der Waals surface area contributed by atoms with E-state index in [0.717, 1.165) is 17.3 Å². The van der Waals surface area contributed by atoms with E-state index in [1.165, 1.54) is 0 Å². The molecule has 3 aromatic rings. The molecule has 2 heterocycles. The van der Waals surface area contributed by atoms with E-state index in [4.69, 9.17) is 18.6 Å². The van der Waals surface area contributed by atoms with E-state index in [9.17, 15) is 9.59 Å². The quantitative estimate of drug-likeness (QED) is 0.434. The Balaban J connectivity index is 1.23. The molecule has 1 aliphatic rings. The lowest BCUT2D eigenvalue weighted by Crippen LogP contribution is -2.51. The predicted molar refractivity (Wildman–Crippen MR) is 110 cm³/mol. The monoisotopic (exact) mass is 442 g/mol. The van der Waals surface area contributed by atoms with E-state index < -0.39 is 17.9 Å². The molecular weight excluding hydrogens is 424 g/mol. The highest BCUT2D eigenvalue weighted by molar-refractivity contribution is 7.99. The number of hydrogen-bond donors (Lipinski definition) is 2. The summed E-state index contributed by atoms with van der Waals surface area (Å²) < 4.78 is 21.7. The van der Waals surface area contributed by atoms with Gasteiger partial charge >= 0.3 is 0 Å². The number of thioether (sulfide) groups is 1. The van der Waals surface area contributed by atoms with Gasteiger partial charge in [-0.2, -0.15) is 0 Å². The Kier molecular flexibility index (Phi) is 6.22. The van der Waals surface area contributed by atoms with Crippen molar-refractivity contribution in [3.05, 3.63) is 48.5 Å². The molecule has 2 amide bonds. The number of fused-ring (bicyclic) bond motifs is 1. The van der Waals surface area contributed by atoms with Crippen LogP contribution in [0.15, 0.2) is 58.2 Å². The van der Waals surface area contributed by atoms with Crippen molar-refractivity contribution in [2.24, 2.45) is 0 Å². The molecule has 1 aliphatic heterocycles. The second kappa shape index (κ2) is 9.39. The summed E-state index contributed by atoms with van der Waals surface area (Å²) in [4.78, 5) is 24.2. The van der Waals surface area contributed by atoms with Gasteiger partial charge in [0.2, 0.25) is 17.9 Å². The maximum Gasteiger partial charge on any atom is 0.283 e. The van der Waals surface area contributed by atoms with Crippen LogP contribution in [-0.2, 0) is 9.59 Å². The first-order chi connectivity index (χ1) is 15.1. The normalized spacial score (nSPS) is 14.5. The highest BCUT2D eigenvalue weighted by atomic mass is 32.2. The second-order valence-electron chi connectivity index (χ2n) is 6.29. The average molecular weight is 442 g/mol. The fourth-order valence-corrected chi connectivity index (χ4v) is 3.21. The van der Waals surface area contributed by atoms with Crippen LogP contribution in [0.1, 0.15) is 0 Å². The number of rotatable bonds is 6. The van der Waals surface area contributed by atoms with Crippen molar-refractivity contribution in [3.63, 3.8) is 0 Å². The Hall–Kier alpha value is -3.73. The van der Waals surface area contributed by atoms with Gasteiger partial charge in [0, 0.05) is 5.56 Å². The SMILES string of the molecule is COc1ccc(-c2nnc(SCC(=O)NNC(=O)C3COc4ccccc4O3)o2)cc1. The predicted octanol–water partition coefficient (Wildman–Crippen LogP) is 1.82. The number of methoxy groups -OCH3 is 1. The first-order valence-corrected chi connectivity index (χ1v) is 10.2. The van der Waals surface area contributed by atoms with Gasteiger partial charge in [0.25, 0.3) is 11.1 Å². The summed E-state index contributed by atoms with van der Waals surface area (Å²) in [5.74, 6) is 1.09. The van der Waals surface area contributed by atoms with Gasteiger partial charge in [-0.3, -0.25) is 20.4 Å². The van der Waals surface area contributed by atoms with Crippen LogP contribution >= 0.6 is 11.8 Å². The largest absolute Gasteiger partial charge is 0.497 e. The van der Waals surface area contributed by atoms with Gasteiger partial charge in [-0.15, -0.1) is 10.2 Å². The molecule has 0 aliphatic carbocycles. The van der Waals surface area contributed by atoms with E-state index >= 15 is 0 Å². The second-order valence-corrected chi connectivity index (χ2v) is 7.22. The smallest absolute Gasteiger partial charge is 0.283 e. The third kappa shape index (κ3) is 5.07. The summed E-state index contributed by atoms with van der Waals surface area (Å²) in [5.41, 5.74) is 5.38. The Morgan fingerprint density at radius 1 is 1.10 bits per heavy atom. The van der Waals surface area contributed by atoms with Crippen molar-refractivity contribution >= 4 is 23.6 Å². The zero-order valence-electron chi connectivity index (χ0n) is 16.4. The molecule has 0 radical (unpaired) electrons. The fraction of sp³-hybridized carbons (Fsp3) is 0.200. The molecule has 0 fully saturated rings. The number of ether oxygens (including phenoxy) is 3. The molecule has 1 unspecified atom stereocenters. The number of hydrazine groups is 1. The van der Waals surface area contributed by atoms with Gasteiger partial charge in [0.15, 0.2) is 11.5 Å². The zero-order chi connectivity index (χ0) is 21.6. The fourth-order valence-electron chi connectivity index (χ4n) is 2.64. The number of hydrogen-bond acceptors (Lipinski definition) is 9. The van der Waals surface area contributed by atoms with Crippen LogP contribution in [0.25, 0.3) is 11.5 Å². The summed E-state index contributed by atoms with van der Waals surface area (Å²) in [6.07, 6.45) is -0.870. The van der Waals surface area contributed by atoms with Crippen LogP contribution in [0, 0.1) is 0 Å². The summed E-state index contributed by atoms with van der Waals surface area (Å²) >= 11 is 1.05. The summed E-state index contributed by atoms with van der Waals surface area (Å²) in [6.45, 7) is 0.0452. The first-order valence-electron chi connectivity index (χ1n) is 9.20. The lowest BCUT2D eigenvalue weighted by Gasteiger charge is -2.25. The molecule has 4 rings (SSSR count). The van der Waals surface area contributed by atoms with E-state index in [1.54, 1.807) is 49.6 Å². The Morgan fingerprint density at radius 3 is 2.65 bits per heavy atom. The van der Waals surface area contributed by atoms with Crippen LogP contribution < -0.4 is 25.1 Å². The van der Waals surface area contributed by atoms with Crippen molar-refractivity contribution < 1.29 is 28.2 Å². The minimum atomic E-state index is -0.870. The zero-order valence-corrected chi connectivity index (χ0v) is 17.2. The van der Waals surface area contributed by atoms with E-state index in [2.05, 4.69) is 21.0 Å². The molecule has 11 heteroatoms. The molecule has 1 atom stereocenters. The van der Waals surface area contributed by atoms with Crippen LogP contribution in [-0.4, -0.2) is 47.6 Å². The Labute approximate surface area is 181 Å². The van der Waals surface area contributed by atoms with Crippen LogP contribution in [0.4, 0.5) is 0 Å². The number of nitrogens with zero attached hydrogens (tertiary/aromatic N) is 2. The highest BCUT2D eigenvalue weighted by Crippen LogP contribution is 2.30. The molecule has 1 aromatic heterocycles. The minimum absolute atomic E-state index is 0.0324.